The van der Waals surface area contributed by atoms with Crippen LogP contribution in [-0.4, -0.2) is 23.5 Å². The zero-order valence-electron chi connectivity index (χ0n) is 12.1. The first-order chi connectivity index (χ1) is 7.33. The molecule has 0 unspecified atom stereocenters. The number of carboxylic acid groups (broad SMARTS) is 1. The number of rotatable bonds is 2. The summed E-state index contributed by atoms with van der Waals surface area (Å²) in [5, 5.41) is 9.48. The van der Waals surface area contributed by atoms with Crippen molar-refractivity contribution in [2.75, 3.05) is 0 Å². The summed E-state index contributed by atoms with van der Waals surface area (Å²) < 4.78 is 4.06. The van der Waals surface area contributed by atoms with E-state index in [1.807, 2.05) is 41.5 Å². The van der Waals surface area contributed by atoms with E-state index in [1.54, 1.807) is 13.8 Å². The fourth-order valence-electron chi connectivity index (χ4n) is 0.442. The van der Waals surface area contributed by atoms with Crippen molar-refractivity contribution in [2.45, 2.75) is 72.7 Å². The average Bonchev–Trinajstić information content (AvgIpc) is 1.96. The number of ether oxygens (including phenoxy) is 1. The van der Waals surface area contributed by atoms with Crippen LogP contribution in [0.4, 0.5) is 4.79 Å². The Morgan fingerprint density at radius 3 is 1.29 bits per heavy atom. The summed E-state index contributed by atoms with van der Waals surface area (Å²) in [6.45, 7) is 15.0. The van der Waals surface area contributed by atoms with Crippen LogP contribution in [0.2, 0.25) is 0 Å². The van der Waals surface area contributed by atoms with Gasteiger partial charge in [-0.3, -0.25) is 0 Å². The van der Waals surface area contributed by atoms with E-state index in [0.717, 1.165) is 0 Å². The fraction of sp³-hybridized carbons (Fsp3) is 0.917. The zero-order chi connectivity index (χ0) is 14.3. The highest BCUT2D eigenvalue weighted by atomic mass is 17.2. The van der Waals surface area contributed by atoms with Crippen molar-refractivity contribution in [3.63, 3.8) is 0 Å². The Hall–Kier alpha value is -0.810. The van der Waals surface area contributed by atoms with Gasteiger partial charge in [-0.25, -0.2) is 9.78 Å². The summed E-state index contributed by atoms with van der Waals surface area (Å²) in [4.78, 5) is 19.7. The van der Waals surface area contributed by atoms with Gasteiger partial charge in [-0.1, -0.05) is 0 Å². The number of hydrogen-bond donors (Lipinski definition) is 0. The Morgan fingerprint density at radius 2 is 1.24 bits per heavy atom. The van der Waals surface area contributed by atoms with Gasteiger partial charge in [0, 0.05) is 6.10 Å². The molecule has 0 aromatic heterocycles. The van der Waals surface area contributed by atoms with Crippen LogP contribution in [-0.2, 0) is 14.5 Å². The second-order valence-corrected chi connectivity index (χ2v) is 5.81. The first kappa shape index (κ1) is 18.6. The normalized spacial score (nSPS) is 11.8. The molecule has 0 bridgehead atoms. The van der Waals surface area contributed by atoms with Crippen molar-refractivity contribution in [2.24, 2.45) is 0 Å². The lowest BCUT2D eigenvalue weighted by Gasteiger charge is -2.24. The minimum atomic E-state index is -1.46. The van der Waals surface area contributed by atoms with Gasteiger partial charge < -0.3 is 14.6 Å². The Labute approximate surface area is 104 Å². The van der Waals surface area contributed by atoms with Gasteiger partial charge >= 0.3 is 0 Å². The molecule has 0 rings (SSSR count). The van der Waals surface area contributed by atoms with Crippen molar-refractivity contribution < 1.29 is 24.4 Å². The summed E-state index contributed by atoms with van der Waals surface area (Å²) in [6.07, 6.45) is -1.75. The minimum Gasteiger partial charge on any atom is -0.547 e. The summed E-state index contributed by atoms with van der Waals surface area (Å²) in [5.41, 5.74) is -0.430. The maximum atomic E-state index is 9.48. The molecule has 0 fully saturated rings. The van der Waals surface area contributed by atoms with Gasteiger partial charge in [0.15, 0.2) is 0 Å². The van der Waals surface area contributed by atoms with Gasteiger partial charge in [-0.15, -0.1) is 0 Å². The summed E-state index contributed by atoms with van der Waals surface area (Å²) >= 11 is 0. The summed E-state index contributed by atoms with van der Waals surface area (Å²) in [7, 11) is 0. The van der Waals surface area contributed by atoms with Crippen molar-refractivity contribution in [3.8, 4) is 0 Å². The Morgan fingerprint density at radius 1 is 0.941 bits per heavy atom. The minimum absolute atomic E-state index is 0.215. The van der Waals surface area contributed by atoms with E-state index in [-0.39, 0.29) is 17.3 Å². The lowest BCUT2D eigenvalue weighted by molar-refractivity contribution is -0.393. The molecule has 0 atom stereocenters. The van der Waals surface area contributed by atoms with E-state index in [9.17, 15) is 9.90 Å². The van der Waals surface area contributed by atoms with E-state index in [1.165, 1.54) is 0 Å². The van der Waals surface area contributed by atoms with Crippen LogP contribution >= 0.6 is 0 Å². The molecule has 0 aromatic rings. The highest BCUT2D eigenvalue weighted by Crippen LogP contribution is 2.14. The van der Waals surface area contributed by atoms with Crippen molar-refractivity contribution in [1.82, 2.24) is 0 Å². The van der Waals surface area contributed by atoms with Crippen LogP contribution in [0.15, 0.2) is 0 Å². The molecule has 0 amide bonds. The highest BCUT2D eigenvalue weighted by molar-refractivity contribution is 5.54. The molecule has 0 aliphatic heterocycles. The predicted molar refractivity (Wildman–Crippen MR) is 63.3 cm³/mol. The first-order valence-corrected chi connectivity index (χ1v) is 5.58. The molecule has 0 aliphatic rings. The largest absolute Gasteiger partial charge is 0.547 e. The van der Waals surface area contributed by atoms with Gasteiger partial charge in [0.1, 0.15) is 0 Å². The predicted octanol–water partition coefficient (Wildman–Crippen LogP) is 2.29. The number of carbonyl (C=O) groups is 1. The highest BCUT2D eigenvalue weighted by Gasteiger charge is 2.18. The molecule has 104 valence electrons. The van der Waals surface area contributed by atoms with Gasteiger partial charge in [-0.05, 0) is 55.4 Å². The smallest absolute Gasteiger partial charge is 0.252 e. The Balaban J connectivity index is 0. The van der Waals surface area contributed by atoms with Crippen LogP contribution in [0, 0.1) is 0 Å². The maximum absolute atomic E-state index is 9.48. The first-order valence-electron chi connectivity index (χ1n) is 5.58. The molecule has 0 saturated heterocycles. The maximum Gasteiger partial charge on any atom is 0.252 e. The van der Waals surface area contributed by atoms with E-state index >= 15 is 0 Å². The van der Waals surface area contributed by atoms with E-state index < -0.39 is 6.16 Å². The number of carbonyl (C=O) groups excluding carboxylic acids is 1. The third kappa shape index (κ3) is 25.5. The molecular weight excluding hydrogens is 224 g/mol. The molecule has 0 heterocycles. The van der Waals surface area contributed by atoms with E-state index in [4.69, 9.17) is 9.78 Å². The van der Waals surface area contributed by atoms with Crippen LogP contribution in [0.5, 0.6) is 0 Å². The van der Waals surface area contributed by atoms with Crippen molar-refractivity contribution in [1.29, 1.82) is 0 Å². The molecular formula is C12H25O5-. The topological polar surface area (TPSA) is 67.8 Å². The quantitative estimate of drug-likeness (QED) is 0.426. The Kier molecular flexibility index (Phi) is 8.19. The summed E-state index contributed by atoms with van der Waals surface area (Å²) in [5.74, 6) is 0. The SMILES string of the molecule is CC(C)(C)OOC(C)(C)C.CC(C)OC(=O)[O-]. The Bertz CT molecular complexity index is 196. The summed E-state index contributed by atoms with van der Waals surface area (Å²) in [6, 6.07) is 0. The molecule has 0 spiro atoms. The number of hydrogen-bond acceptors (Lipinski definition) is 5. The molecule has 0 radical (unpaired) electrons. The zero-order valence-corrected chi connectivity index (χ0v) is 12.1. The molecule has 5 heteroatoms. The second kappa shape index (κ2) is 7.50. The van der Waals surface area contributed by atoms with Gasteiger partial charge in [0.25, 0.3) is 6.16 Å². The molecule has 17 heavy (non-hydrogen) atoms. The van der Waals surface area contributed by atoms with Gasteiger partial charge in [-0.2, -0.15) is 0 Å². The van der Waals surface area contributed by atoms with Crippen molar-refractivity contribution in [3.05, 3.63) is 0 Å². The second-order valence-electron chi connectivity index (χ2n) is 5.81. The molecule has 0 aliphatic carbocycles. The monoisotopic (exact) mass is 249 g/mol. The van der Waals surface area contributed by atoms with E-state index in [2.05, 4.69) is 4.74 Å². The van der Waals surface area contributed by atoms with Crippen molar-refractivity contribution >= 4 is 6.16 Å². The van der Waals surface area contributed by atoms with Gasteiger partial charge in [0.05, 0.1) is 11.2 Å². The van der Waals surface area contributed by atoms with E-state index in [0.29, 0.717) is 0 Å². The standard InChI is InChI=1S/C8H18O2.C4H8O3/c1-7(2,3)9-10-8(4,5)6;1-3(2)7-4(5)6/h1-6H3;3H,1-2H3,(H,5,6)/p-1. The van der Waals surface area contributed by atoms with Crippen LogP contribution < -0.4 is 5.11 Å². The van der Waals surface area contributed by atoms with Crippen LogP contribution in [0.25, 0.3) is 0 Å². The average molecular weight is 249 g/mol. The molecule has 0 N–H and O–H groups in total. The third-order valence-electron chi connectivity index (χ3n) is 0.874. The van der Waals surface area contributed by atoms with Crippen LogP contribution in [0.3, 0.4) is 0 Å². The fourth-order valence-corrected chi connectivity index (χ4v) is 0.442. The molecule has 0 saturated carbocycles. The third-order valence-corrected chi connectivity index (χ3v) is 0.874. The van der Waals surface area contributed by atoms with Gasteiger partial charge in [0.2, 0.25) is 0 Å². The molecule has 5 nitrogen and oxygen atoms in total. The molecule has 0 aromatic carbocycles. The lowest BCUT2D eigenvalue weighted by atomic mass is 10.2. The van der Waals surface area contributed by atoms with Crippen LogP contribution in [0.1, 0.15) is 55.4 Å². The lowest BCUT2D eigenvalue weighted by Crippen LogP contribution is -2.27.